The average molecular weight is 337 g/mol. The number of rotatable bonds is 2. The van der Waals surface area contributed by atoms with E-state index < -0.39 is 11.7 Å². The molecule has 0 atom stereocenters. The van der Waals surface area contributed by atoms with E-state index in [1.807, 2.05) is 54.6 Å². The maximum atomic E-state index is 13.1. The third-order valence-corrected chi connectivity index (χ3v) is 4.32. The Morgan fingerprint density at radius 3 is 2.12 bits per heavy atom. The minimum absolute atomic E-state index is 0.530. The molecule has 0 spiro atoms. The van der Waals surface area contributed by atoms with Crippen molar-refractivity contribution in [3.8, 4) is 0 Å². The Morgan fingerprint density at radius 1 is 0.720 bits per heavy atom. The SMILES string of the molecule is FC(F)(F)c1ccc2nc(Cc3ccccc3)c3ccccc3c2c1. The van der Waals surface area contributed by atoms with Gasteiger partial charge in [0.05, 0.1) is 16.8 Å². The van der Waals surface area contributed by atoms with E-state index in [9.17, 15) is 13.2 Å². The van der Waals surface area contributed by atoms with E-state index in [2.05, 4.69) is 4.98 Å². The first-order valence-electron chi connectivity index (χ1n) is 7.95. The summed E-state index contributed by atoms with van der Waals surface area (Å²) in [5.41, 5.74) is 1.92. The van der Waals surface area contributed by atoms with Crippen LogP contribution in [0.3, 0.4) is 0 Å². The molecule has 0 fully saturated rings. The first-order chi connectivity index (χ1) is 12.0. The fourth-order valence-electron chi connectivity index (χ4n) is 3.12. The normalized spacial score (nSPS) is 12.0. The van der Waals surface area contributed by atoms with E-state index in [1.165, 1.54) is 12.1 Å². The first kappa shape index (κ1) is 15.6. The summed E-state index contributed by atoms with van der Waals surface area (Å²) in [5, 5.41) is 2.21. The van der Waals surface area contributed by atoms with Crippen molar-refractivity contribution in [1.29, 1.82) is 0 Å². The molecule has 4 heteroatoms. The lowest BCUT2D eigenvalue weighted by Gasteiger charge is -2.12. The highest BCUT2D eigenvalue weighted by atomic mass is 19.4. The number of hydrogen-bond donors (Lipinski definition) is 0. The Bertz CT molecular complexity index is 1050. The number of halogens is 3. The van der Waals surface area contributed by atoms with Gasteiger partial charge in [-0.05, 0) is 29.1 Å². The Morgan fingerprint density at radius 2 is 1.40 bits per heavy atom. The van der Waals surface area contributed by atoms with Crippen LogP contribution in [0.5, 0.6) is 0 Å². The smallest absolute Gasteiger partial charge is 0.252 e. The van der Waals surface area contributed by atoms with Crippen molar-refractivity contribution in [2.75, 3.05) is 0 Å². The molecule has 3 aromatic carbocycles. The maximum Gasteiger partial charge on any atom is 0.416 e. The van der Waals surface area contributed by atoms with Crippen LogP contribution >= 0.6 is 0 Å². The van der Waals surface area contributed by atoms with Gasteiger partial charge in [0.2, 0.25) is 0 Å². The highest BCUT2D eigenvalue weighted by molar-refractivity contribution is 6.06. The predicted molar refractivity (Wildman–Crippen MR) is 93.5 cm³/mol. The molecule has 4 aromatic rings. The molecule has 0 aliphatic carbocycles. The van der Waals surface area contributed by atoms with E-state index in [4.69, 9.17) is 0 Å². The van der Waals surface area contributed by atoms with E-state index in [-0.39, 0.29) is 0 Å². The summed E-state index contributed by atoms with van der Waals surface area (Å²) >= 11 is 0. The summed E-state index contributed by atoms with van der Waals surface area (Å²) in [5.74, 6) is 0. The second-order valence-corrected chi connectivity index (χ2v) is 6.00. The topological polar surface area (TPSA) is 12.9 Å². The van der Waals surface area contributed by atoms with E-state index in [1.54, 1.807) is 0 Å². The van der Waals surface area contributed by atoms with Crippen LogP contribution in [0, 0.1) is 0 Å². The van der Waals surface area contributed by atoms with E-state index >= 15 is 0 Å². The van der Waals surface area contributed by atoms with Crippen LogP contribution in [0.4, 0.5) is 13.2 Å². The summed E-state index contributed by atoms with van der Waals surface area (Å²) in [7, 11) is 0. The van der Waals surface area contributed by atoms with Crippen molar-refractivity contribution in [1.82, 2.24) is 4.98 Å². The number of aromatic nitrogens is 1. The molecular weight excluding hydrogens is 323 g/mol. The second-order valence-electron chi connectivity index (χ2n) is 6.00. The predicted octanol–water partition coefficient (Wildman–Crippen LogP) is 6.00. The third-order valence-electron chi connectivity index (χ3n) is 4.32. The number of fused-ring (bicyclic) bond motifs is 3. The van der Waals surface area contributed by atoms with Gasteiger partial charge < -0.3 is 0 Å². The highest BCUT2D eigenvalue weighted by Crippen LogP contribution is 2.34. The molecule has 1 nitrogen and oxygen atoms in total. The van der Waals surface area contributed by atoms with Crippen LogP contribution in [0.15, 0.2) is 72.8 Å². The molecule has 0 unspecified atom stereocenters. The quantitative estimate of drug-likeness (QED) is 0.409. The van der Waals surface area contributed by atoms with Crippen LogP contribution < -0.4 is 0 Å². The maximum absolute atomic E-state index is 13.1. The number of hydrogen-bond acceptors (Lipinski definition) is 1. The minimum Gasteiger partial charge on any atom is -0.252 e. The Kier molecular flexibility index (Phi) is 3.68. The monoisotopic (exact) mass is 337 g/mol. The summed E-state index contributed by atoms with van der Waals surface area (Å²) in [6, 6.07) is 21.2. The third kappa shape index (κ3) is 2.95. The molecule has 0 bridgehead atoms. The molecule has 0 amide bonds. The van der Waals surface area contributed by atoms with Crippen molar-refractivity contribution >= 4 is 21.7 Å². The molecule has 25 heavy (non-hydrogen) atoms. The van der Waals surface area contributed by atoms with Gasteiger partial charge in [0.1, 0.15) is 0 Å². The van der Waals surface area contributed by atoms with Crippen molar-refractivity contribution < 1.29 is 13.2 Å². The van der Waals surface area contributed by atoms with Gasteiger partial charge in [0.25, 0.3) is 0 Å². The minimum atomic E-state index is -4.36. The van der Waals surface area contributed by atoms with Crippen LogP contribution in [0.1, 0.15) is 16.8 Å². The van der Waals surface area contributed by atoms with E-state index in [0.29, 0.717) is 17.3 Å². The van der Waals surface area contributed by atoms with Crippen LogP contribution in [0.25, 0.3) is 21.7 Å². The summed E-state index contributed by atoms with van der Waals surface area (Å²) in [4.78, 5) is 4.65. The zero-order valence-corrected chi connectivity index (χ0v) is 13.2. The van der Waals surface area contributed by atoms with Gasteiger partial charge in [0, 0.05) is 17.2 Å². The zero-order chi connectivity index (χ0) is 17.4. The van der Waals surface area contributed by atoms with Crippen molar-refractivity contribution in [3.63, 3.8) is 0 Å². The largest absolute Gasteiger partial charge is 0.416 e. The van der Waals surface area contributed by atoms with Crippen molar-refractivity contribution in [2.45, 2.75) is 12.6 Å². The molecule has 0 saturated heterocycles. The van der Waals surface area contributed by atoms with Crippen molar-refractivity contribution in [2.24, 2.45) is 0 Å². The number of pyridine rings is 1. The number of nitrogens with zero attached hydrogens (tertiary/aromatic N) is 1. The highest BCUT2D eigenvalue weighted by Gasteiger charge is 2.30. The summed E-state index contributed by atoms with van der Waals surface area (Å²) in [6.07, 6.45) is -3.73. The van der Waals surface area contributed by atoms with Gasteiger partial charge in [-0.25, -0.2) is 0 Å². The molecule has 0 aliphatic rings. The molecule has 0 saturated carbocycles. The molecule has 1 aromatic heterocycles. The molecule has 0 N–H and O–H groups in total. The fraction of sp³-hybridized carbons (Fsp3) is 0.0952. The average Bonchev–Trinajstić information content (AvgIpc) is 2.62. The van der Waals surface area contributed by atoms with Gasteiger partial charge >= 0.3 is 6.18 Å². The van der Waals surface area contributed by atoms with Crippen LogP contribution in [-0.4, -0.2) is 4.98 Å². The van der Waals surface area contributed by atoms with Crippen LogP contribution in [0.2, 0.25) is 0 Å². The lowest BCUT2D eigenvalue weighted by atomic mass is 9.99. The molecule has 1 heterocycles. The Hall–Kier alpha value is -2.88. The van der Waals surface area contributed by atoms with Crippen LogP contribution in [-0.2, 0) is 12.6 Å². The summed E-state index contributed by atoms with van der Waals surface area (Å²) < 4.78 is 39.2. The van der Waals surface area contributed by atoms with Gasteiger partial charge in [-0.2, -0.15) is 13.2 Å². The molecule has 124 valence electrons. The molecule has 0 radical (unpaired) electrons. The van der Waals surface area contributed by atoms with Gasteiger partial charge in [-0.1, -0.05) is 54.6 Å². The summed E-state index contributed by atoms with van der Waals surface area (Å²) in [6.45, 7) is 0. The zero-order valence-electron chi connectivity index (χ0n) is 13.2. The van der Waals surface area contributed by atoms with Crippen molar-refractivity contribution in [3.05, 3.63) is 89.6 Å². The van der Waals surface area contributed by atoms with Gasteiger partial charge in [-0.3, -0.25) is 4.98 Å². The lowest BCUT2D eigenvalue weighted by Crippen LogP contribution is -2.05. The fourth-order valence-corrected chi connectivity index (χ4v) is 3.12. The molecule has 0 aliphatic heterocycles. The number of benzene rings is 3. The van der Waals surface area contributed by atoms with Gasteiger partial charge in [0.15, 0.2) is 0 Å². The standard InChI is InChI=1S/C21H14F3N/c22-21(23,24)15-10-11-19-18(13-15)16-8-4-5-9-17(16)20(25-19)12-14-6-2-1-3-7-14/h1-11,13H,12H2. The second kappa shape index (κ2) is 5.88. The molecular formula is C21H14F3N. The Balaban J connectivity index is 1.95. The Labute approximate surface area is 142 Å². The lowest BCUT2D eigenvalue weighted by molar-refractivity contribution is -0.137. The van der Waals surface area contributed by atoms with Gasteiger partial charge in [-0.15, -0.1) is 0 Å². The molecule has 4 rings (SSSR count). The number of alkyl halides is 3. The van der Waals surface area contributed by atoms with E-state index in [0.717, 1.165) is 28.1 Å². The first-order valence-corrected chi connectivity index (χ1v) is 7.95.